The molecule has 1 aliphatic rings. The zero-order valence-corrected chi connectivity index (χ0v) is 11.9. The van der Waals surface area contributed by atoms with Crippen molar-refractivity contribution in [1.29, 1.82) is 0 Å². The molecule has 1 aliphatic heterocycles. The molecule has 0 radical (unpaired) electrons. The number of hydrogen-bond acceptors (Lipinski definition) is 5. The van der Waals surface area contributed by atoms with Crippen LogP contribution in [0.4, 0.5) is 4.79 Å². The van der Waals surface area contributed by atoms with Crippen LogP contribution in [0.3, 0.4) is 0 Å². The second-order valence-electron chi connectivity index (χ2n) is 4.54. The minimum atomic E-state index is -0.935. The van der Waals surface area contributed by atoms with E-state index >= 15 is 0 Å². The van der Waals surface area contributed by atoms with Gasteiger partial charge < -0.3 is 9.47 Å². The Hall–Kier alpha value is -2.34. The molecule has 0 bridgehead atoms. The predicted molar refractivity (Wildman–Crippen MR) is 74.0 cm³/mol. The molecule has 112 valence electrons. The number of methoxy groups -OCH3 is 1. The highest BCUT2D eigenvalue weighted by Crippen LogP contribution is 2.16. The lowest BCUT2D eigenvalue weighted by molar-refractivity contribution is -0.199. The first-order valence-corrected chi connectivity index (χ1v) is 6.54. The van der Waals surface area contributed by atoms with E-state index in [0.29, 0.717) is 0 Å². The summed E-state index contributed by atoms with van der Waals surface area (Å²) >= 11 is 0. The Morgan fingerprint density at radius 1 is 1.24 bits per heavy atom. The number of ether oxygens (including phenoxy) is 2. The normalized spacial score (nSPS) is 21.0. The van der Waals surface area contributed by atoms with Crippen molar-refractivity contribution in [3.63, 3.8) is 0 Å². The number of hydroxylamine groups is 2. The monoisotopic (exact) mass is 291 g/mol. The molecule has 1 aromatic rings. The zero-order chi connectivity index (χ0) is 15.2. The Morgan fingerprint density at radius 2 is 1.95 bits per heavy atom. The van der Waals surface area contributed by atoms with Gasteiger partial charge in [0.15, 0.2) is 0 Å². The van der Waals surface area contributed by atoms with Gasteiger partial charge in [0, 0.05) is 0 Å². The van der Waals surface area contributed by atoms with Gasteiger partial charge in [-0.2, -0.15) is 5.06 Å². The predicted octanol–water partition coefficient (Wildman–Crippen LogP) is 2.06. The van der Waals surface area contributed by atoms with Gasteiger partial charge in [-0.25, -0.2) is 14.4 Å². The summed E-state index contributed by atoms with van der Waals surface area (Å²) in [7, 11) is 1.26. The number of carbonyl (C=O) groups is 2. The van der Waals surface area contributed by atoms with Gasteiger partial charge >= 0.3 is 12.1 Å². The lowest BCUT2D eigenvalue weighted by Crippen LogP contribution is -2.45. The van der Waals surface area contributed by atoms with Crippen molar-refractivity contribution in [2.24, 2.45) is 0 Å². The number of amides is 1. The van der Waals surface area contributed by atoms with Crippen LogP contribution in [0.25, 0.3) is 0 Å². The van der Waals surface area contributed by atoms with Crippen LogP contribution in [0.1, 0.15) is 12.5 Å². The molecule has 0 fully saturated rings. The van der Waals surface area contributed by atoms with Crippen molar-refractivity contribution >= 4 is 12.1 Å². The van der Waals surface area contributed by atoms with Gasteiger partial charge in [0.25, 0.3) is 0 Å². The summed E-state index contributed by atoms with van der Waals surface area (Å²) in [5.74, 6) is -0.570. The van der Waals surface area contributed by atoms with E-state index in [1.54, 1.807) is 19.1 Å². The summed E-state index contributed by atoms with van der Waals surface area (Å²) in [6, 6.07) is 8.98. The SMILES string of the molecule is COC(=O)[C@H]1C=C[C@@H](C)N(C(=O)OCc2ccccc2)O1. The van der Waals surface area contributed by atoms with Crippen LogP contribution >= 0.6 is 0 Å². The van der Waals surface area contributed by atoms with Crippen molar-refractivity contribution in [3.05, 3.63) is 48.0 Å². The zero-order valence-electron chi connectivity index (χ0n) is 11.9. The molecule has 0 saturated carbocycles. The molecule has 1 amide bonds. The minimum Gasteiger partial charge on any atom is -0.467 e. The number of benzene rings is 1. The van der Waals surface area contributed by atoms with E-state index < -0.39 is 18.2 Å². The molecular formula is C15H17NO5. The quantitative estimate of drug-likeness (QED) is 0.630. The molecule has 0 N–H and O–H groups in total. The molecule has 21 heavy (non-hydrogen) atoms. The molecule has 2 atom stereocenters. The van der Waals surface area contributed by atoms with Crippen LogP contribution in [-0.2, 0) is 25.7 Å². The van der Waals surface area contributed by atoms with E-state index in [4.69, 9.17) is 9.57 Å². The Labute approximate surface area is 122 Å². The second-order valence-corrected chi connectivity index (χ2v) is 4.54. The summed E-state index contributed by atoms with van der Waals surface area (Å²) in [5.41, 5.74) is 0.871. The fourth-order valence-electron chi connectivity index (χ4n) is 1.82. The van der Waals surface area contributed by atoms with Crippen LogP contribution in [0.5, 0.6) is 0 Å². The van der Waals surface area contributed by atoms with E-state index in [9.17, 15) is 9.59 Å². The summed E-state index contributed by atoms with van der Waals surface area (Å²) in [4.78, 5) is 28.8. The van der Waals surface area contributed by atoms with Crippen LogP contribution in [0.2, 0.25) is 0 Å². The average molecular weight is 291 g/mol. The van der Waals surface area contributed by atoms with Gasteiger partial charge in [-0.3, -0.25) is 0 Å². The maximum absolute atomic E-state index is 12.0. The van der Waals surface area contributed by atoms with Crippen LogP contribution in [0, 0.1) is 0 Å². The number of rotatable bonds is 3. The third kappa shape index (κ3) is 3.82. The smallest absolute Gasteiger partial charge is 0.434 e. The summed E-state index contributed by atoms with van der Waals surface area (Å²) in [6.45, 7) is 1.90. The molecule has 0 unspecified atom stereocenters. The first kappa shape index (κ1) is 15.1. The number of hydrogen-bond donors (Lipinski definition) is 0. The van der Waals surface area contributed by atoms with E-state index in [1.807, 2.05) is 30.3 Å². The van der Waals surface area contributed by atoms with Gasteiger partial charge in [-0.15, -0.1) is 0 Å². The van der Waals surface area contributed by atoms with Crippen LogP contribution < -0.4 is 0 Å². The van der Waals surface area contributed by atoms with Crippen molar-refractivity contribution in [2.45, 2.75) is 25.7 Å². The molecule has 0 aliphatic carbocycles. The number of esters is 1. The number of nitrogens with zero attached hydrogens (tertiary/aromatic N) is 1. The second kappa shape index (κ2) is 6.90. The average Bonchev–Trinajstić information content (AvgIpc) is 2.53. The fourth-order valence-corrected chi connectivity index (χ4v) is 1.82. The number of carbonyl (C=O) groups excluding carboxylic acids is 2. The Kier molecular flexibility index (Phi) is 4.94. The summed E-state index contributed by atoms with van der Waals surface area (Å²) in [5, 5.41) is 1.03. The van der Waals surface area contributed by atoms with Crippen molar-refractivity contribution in [2.75, 3.05) is 7.11 Å². The van der Waals surface area contributed by atoms with Crippen molar-refractivity contribution < 1.29 is 23.9 Å². The Morgan fingerprint density at radius 3 is 2.62 bits per heavy atom. The third-order valence-corrected chi connectivity index (χ3v) is 2.98. The maximum atomic E-state index is 12.0. The maximum Gasteiger partial charge on any atom is 0.434 e. The van der Waals surface area contributed by atoms with Gasteiger partial charge in [-0.05, 0) is 18.6 Å². The van der Waals surface area contributed by atoms with Crippen molar-refractivity contribution in [1.82, 2.24) is 5.06 Å². The first-order valence-electron chi connectivity index (χ1n) is 6.54. The molecule has 0 aromatic heterocycles. The summed E-state index contributed by atoms with van der Waals surface area (Å²) < 4.78 is 9.76. The van der Waals surface area contributed by atoms with Crippen molar-refractivity contribution in [3.8, 4) is 0 Å². The van der Waals surface area contributed by atoms with Gasteiger partial charge in [0.05, 0.1) is 13.2 Å². The van der Waals surface area contributed by atoms with Gasteiger partial charge in [-0.1, -0.05) is 36.4 Å². The van der Waals surface area contributed by atoms with Crippen LogP contribution in [0.15, 0.2) is 42.5 Å². The van der Waals surface area contributed by atoms with E-state index in [1.165, 1.54) is 7.11 Å². The van der Waals surface area contributed by atoms with Gasteiger partial charge in [0.2, 0.25) is 6.10 Å². The lowest BCUT2D eigenvalue weighted by atomic mass is 10.2. The minimum absolute atomic E-state index is 0.138. The molecule has 0 saturated heterocycles. The Bertz CT molecular complexity index is 528. The van der Waals surface area contributed by atoms with E-state index in [0.717, 1.165) is 10.6 Å². The molecule has 2 rings (SSSR count). The molecule has 6 nitrogen and oxygen atoms in total. The molecule has 1 aromatic carbocycles. The highest BCUT2D eigenvalue weighted by Gasteiger charge is 2.31. The Balaban J connectivity index is 1.95. The molecule has 1 heterocycles. The molecule has 6 heteroatoms. The van der Waals surface area contributed by atoms with Gasteiger partial charge in [0.1, 0.15) is 6.61 Å². The lowest BCUT2D eigenvalue weighted by Gasteiger charge is -2.31. The molecular weight excluding hydrogens is 274 g/mol. The van der Waals surface area contributed by atoms with E-state index in [2.05, 4.69) is 4.74 Å². The fraction of sp³-hybridized carbons (Fsp3) is 0.333. The standard InChI is InChI=1S/C15H17NO5/c1-11-8-9-13(14(17)19-2)21-16(11)15(18)20-10-12-6-4-3-5-7-12/h3-9,11,13H,10H2,1-2H3/t11-,13-/m1/s1. The molecule has 0 spiro atoms. The summed E-state index contributed by atoms with van der Waals surface area (Å²) in [6.07, 6.45) is 1.66. The highest BCUT2D eigenvalue weighted by atomic mass is 16.7. The van der Waals surface area contributed by atoms with Crippen LogP contribution in [-0.4, -0.2) is 36.4 Å². The first-order chi connectivity index (χ1) is 10.1. The largest absolute Gasteiger partial charge is 0.467 e. The topological polar surface area (TPSA) is 65.1 Å². The third-order valence-electron chi connectivity index (χ3n) is 2.98. The van der Waals surface area contributed by atoms with E-state index in [-0.39, 0.29) is 12.6 Å². The highest BCUT2D eigenvalue weighted by molar-refractivity contribution is 5.77.